The zero-order chi connectivity index (χ0) is 12.8. The van der Waals surface area contributed by atoms with E-state index in [1.165, 1.54) is 31.4 Å². The molecule has 0 saturated carbocycles. The molecule has 0 aromatic heterocycles. The number of methoxy groups -OCH3 is 1. The van der Waals surface area contributed by atoms with Crippen LogP contribution in [0.4, 0.5) is 0 Å². The molecule has 5 nitrogen and oxygen atoms in total. The maximum atomic E-state index is 10.8. The number of allylic oxidation sites excluding steroid dienone is 1. The van der Waals surface area contributed by atoms with Crippen LogP contribution >= 0.6 is 0 Å². The second-order valence-electron chi connectivity index (χ2n) is 3.04. The van der Waals surface area contributed by atoms with Crippen LogP contribution in [0.25, 0.3) is 6.08 Å². The fourth-order valence-electron chi connectivity index (χ4n) is 1.23. The van der Waals surface area contributed by atoms with Crippen molar-refractivity contribution in [2.45, 2.75) is 0 Å². The Bertz CT molecular complexity index is 546. The lowest BCUT2D eigenvalue weighted by atomic mass is 10.1. The lowest BCUT2D eigenvalue weighted by molar-refractivity contribution is 0.0697. The zero-order valence-corrected chi connectivity index (χ0v) is 8.97. The van der Waals surface area contributed by atoms with Crippen molar-refractivity contribution < 1.29 is 14.6 Å². The largest absolute Gasteiger partial charge is 0.496 e. The SMILES string of the molecule is COc1ccc(C(=O)O)cc1C=C(C#N)C#N. The summed E-state index contributed by atoms with van der Waals surface area (Å²) in [4.78, 5) is 10.8. The van der Waals surface area contributed by atoms with Gasteiger partial charge >= 0.3 is 5.97 Å². The first kappa shape index (κ1) is 12.3. The first-order chi connectivity index (χ1) is 8.12. The van der Waals surface area contributed by atoms with Crippen molar-refractivity contribution in [2.24, 2.45) is 0 Å². The number of nitrogens with zero attached hydrogens (tertiary/aromatic N) is 2. The third-order valence-electron chi connectivity index (χ3n) is 2.02. The van der Waals surface area contributed by atoms with Crippen LogP contribution in [0, 0.1) is 22.7 Å². The van der Waals surface area contributed by atoms with Gasteiger partial charge in [-0.3, -0.25) is 0 Å². The van der Waals surface area contributed by atoms with Crippen molar-refractivity contribution in [3.8, 4) is 17.9 Å². The summed E-state index contributed by atoms with van der Waals surface area (Å²) in [6, 6.07) is 7.60. The van der Waals surface area contributed by atoms with E-state index >= 15 is 0 Å². The maximum absolute atomic E-state index is 10.8. The normalized spacial score (nSPS) is 8.65. The monoisotopic (exact) mass is 228 g/mol. The van der Waals surface area contributed by atoms with Crippen molar-refractivity contribution in [3.05, 3.63) is 34.9 Å². The number of carboxylic acids is 1. The number of hydrogen-bond donors (Lipinski definition) is 1. The van der Waals surface area contributed by atoms with E-state index in [-0.39, 0.29) is 11.1 Å². The predicted molar refractivity (Wildman–Crippen MR) is 59.2 cm³/mol. The van der Waals surface area contributed by atoms with Gasteiger partial charge in [0, 0.05) is 5.56 Å². The van der Waals surface area contributed by atoms with Crippen LogP contribution in [0.5, 0.6) is 5.75 Å². The standard InChI is InChI=1S/C12H8N2O3/c1-17-11-3-2-9(12(15)16)5-10(11)4-8(6-13)7-14/h2-5H,1H3,(H,15,16). The minimum atomic E-state index is -1.09. The summed E-state index contributed by atoms with van der Waals surface area (Å²) in [5.74, 6) is -0.684. The van der Waals surface area contributed by atoms with Crippen LogP contribution in [0.15, 0.2) is 23.8 Å². The quantitative estimate of drug-likeness (QED) is 0.796. The van der Waals surface area contributed by atoms with Crippen LogP contribution in [0.1, 0.15) is 15.9 Å². The molecule has 84 valence electrons. The Morgan fingerprint density at radius 3 is 2.53 bits per heavy atom. The molecule has 0 unspecified atom stereocenters. The number of carboxylic acid groups (broad SMARTS) is 1. The average Bonchev–Trinajstić information content (AvgIpc) is 2.35. The van der Waals surface area contributed by atoms with Crippen LogP contribution in [-0.2, 0) is 0 Å². The first-order valence-corrected chi connectivity index (χ1v) is 4.55. The molecular formula is C12H8N2O3. The van der Waals surface area contributed by atoms with Gasteiger partial charge in [0.05, 0.1) is 12.7 Å². The molecule has 0 radical (unpaired) electrons. The Hall–Kier alpha value is -2.79. The van der Waals surface area contributed by atoms with Gasteiger partial charge in [-0.2, -0.15) is 10.5 Å². The predicted octanol–water partition coefficient (Wildman–Crippen LogP) is 1.82. The van der Waals surface area contributed by atoms with Gasteiger partial charge in [0.2, 0.25) is 0 Å². The molecular weight excluding hydrogens is 220 g/mol. The van der Waals surface area contributed by atoms with Gasteiger partial charge in [-0.1, -0.05) is 0 Å². The van der Waals surface area contributed by atoms with Crippen LogP contribution in [-0.4, -0.2) is 18.2 Å². The summed E-state index contributed by atoms with van der Waals surface area (Å²) in [5.41, 5.74) is 0.323. The number of aromatic carboxylic acids is 1. The topological polar surface area (TPSA) is 94.1 Å². The molecule has 0 amide bonds. The van der Waals surface area contributed by atoms with E-state index in [4.69, 9.17) is 20.4 Å². The number of nitriles is 2. The number of ether oxygens (including phenoxy) is 1. The highest BCUT2D eigenvalue weighted by Crippen LogP contribution is 2.22. The first-order valence-electron chi connectivity index (χ1n) is 4.55. The Morgan fingerprint density at radius 2 is 2.06 bits per heavy atom. The van der Waals surface area contributed by atoms with E-state index in [0.29, 0.717) is 11.3 Å². The molecule has 0 saturated heterocycles. The van der Waals surface area contributed by atoms with Crippen molar-refractivity contribution in [3.63, 3.8) is 0 Å². The highest BCUT2D eigenvalue weighted by molar-refractivity contribution is 5.89. The highest BCUT2D eigenvalue weighted by Gasteiger charge is 2.08. The Morgan fingerprint density at radius 1 is 1.41 bits per heavy atom. The van der Waals surface area contributed by atoms with Gasteiger partial charge in [0.25, 0.3) is 0 Å². The summed E-state index contributed by atoms with van der Waals surface area (Å²) < 4.78 is 5.01. The molecule has 0 heterocycles. The van der Waals surface area contributed by atoms with Crippen molar-refractivity contribution in [2.75, 3.05) is 7.11 Å². The summed E-state index contributed by atoms with van der Waals surface area (Å²) in [5, 5.41) is 26.1. The minimum Gasteiger partial charge on any atom is -0.496 e. The summed E-state index contributed by atoms with van der Waals surface area (Å²) in [6.45, 7) is 0. The molecule has 1 aromatic rings. The van der Waals surface area contributed by atoms with Crippen molar-refractivity contribution in [1.29, 1.82) is 10.5 Å². The van der Waals surface area contributed by atoms with Gasteiger partial charge in [0.1, 0.15) is 23.5 Å². The molecule has 0 spiro atoms. The molecule has 0 fully saturated rings. The number of carbonyl (C=O) groups is 1. The fourth-order valence-corrected chi connectivity index (χ4v) is 1.23. The molecule has 1 N–H and O–H groups in total. The fraction of sp³-hybridized carbons (Fsp3) is 0.0833. The lowest BCUT2D eigenvalue weighted by Gasteiger charge is -2.05. The van der Waals surface area contributed by atoms with Crippen molar-refractivity contribution >= 4 is 12.0 Å². The molecule has 17 heavy (non-hydrogen) atoms. The van der Waals surface area contributed by atoms with Gasteiger partial charge in [-0.25, -0.2) is 4.79 Å². The molecule has 0 aliphatic carbocycles. The third kappa shape index (κ3) is 2.83. The number of hydrogen-bond acceptors (Lipinski definition) is 4. The molecule has 5 heteroatoms. The Labute approximate surface area is 97.8 Å². The van der Waals surface area contributed by atoms with Gasteiger partial charge in [-0.15, -0.1) is 0 Å². The summed E-state index contributed by atoms with van der Waals surface area (Å²) in [6.07, 6.45) is 1.28. The molecule has 0 atom stereocenters. The van der Waals surface area contributed by atoms with Crippen molar-refractivity contribution in [1.82, 2.24) is 0 Å². The van der Waals surface area contributed by atoms with Crippen LogP contribution in [0.3, 0.4) is 0 Å². The highest BCUT2D eigenvalue weighted by atomic mass is 16.5. The van der Waals surface area contributed by atoms with E-state index in [0.717, 1.165) is 0 Å². The third-order valence-corrected chi connectivity index (χ3v) is 2.02. The Kier molecular flexibility index (Phi) is 3.86. The van der Waals surface area contributed by atoms with Gasteiger partial charge in [-0.05, 0) is 24.3 Å². The van der Waals surface area contributed by atoms with Gasteiger partial charge in [0.15, 0.2) is 0 Å². The van der Waals surface area contributed by atoms with Crippen LogP contribution < -0.4 is 4.74 Å². The maximum Gasteiger partial charge on any atom is 0.335 e. The molecule has 0 aliphatic rings. The Balaban J connectivity index is 3.35. The lowest BCUT2D eigenvalue weighted by Crippen LogP contribution is -1.98. The molecule has 1 aromatic carbocycles. The van der Waals surface area contributed by atoms with Gasteiger partial charge < -0.3 is 9.84 Å². The average molecular weight is 228 g/mol. The van der Waals surface area contributed by atoms with E-state index in [1.807, 2.05) is 0 Å². The molecule has 0 bridgehead atoms. The number of rotatable bonds is 3. The van der Waals surface area contributed by atoms with E-state index in [2.05, 4.69) is 0 Å². The van der Waals surface area contributed by atoms with Crippen LogP contribution in [0.2, 0.25) is 0 Å². The van der Waals surface area contributed by atoms with E-state index < -0.39 is 5.97 Å². The second kappa shape index (κ2) is 5.34. The zero-order valence-electron chi connectivity index (χ0n) is 8.97. The number of benzene rings is 1. The molecule has 0 aliphatic heterocycles. The van der Waals surface area contributed by atoms with E-state index in [9.17, 15) is 4.79 Å². The van der Waals surface area contributed by atoms with E-state index in [1.54, 1.807) is 12.1 Å². The smallest absolute Gasteiger partial charge is 0.335 e. The molecule has 1 rings (SSSR count). The second-order valence-corrected chi connectivity index (χ2v) is 3.04. The summed E-state index contributed by atoms with van der Waals surface area (Å²) >= 11 is 0. The minimum absolute atomic E-state index is 0.0623. The summed E-state index contributed by atoms with van der Waals surface area (Å²) in [7, 11) is 1.42.